The Balaban J connectivity index is 0. The van der Waals surface area contributed by atoms with Gasteiger partial charge in [0.15, 0.2) is 0 Å². The quantitative estimate of drug-likeness (QED) is 0.493. The van der Waals surface area contributed by atoms with Crippen LogP contribution in [0.1, 0.15) is 0 Å². The summed E-state index contributed by atoms with van der Waals surface area (Å²) in [6.45, 7) is 0. The molecule has 10 heavy (non-hydrogen) atoms. The molecule has 0 spiro atoms. The van der Waals surface area contributed by atoms with Gasteiger partial charge in [-0.2, -0.15) is 0 Å². The average Bonchev–Trinajstić information content (AvgIpc) is 1.14. The predicted molar refractivity (Wildman–Crippen MR) is 3.83 cm³/mol. The molecule has 0 atom stereocenters. The topological polar surface area (TPSA) is 124 Å². The number of hydrogen-bond acceptors (Lipinski definition) is 7. The molecule has 0 unspecified atom stereocenters. The molecule has 0 aliphatic heterocycles. The Bertz CT molecular complexity index is 237. The molecular formula is Cr2FeO7. The van der Waals surface area contributed by atoms with Crippen molar-refractivity contribution in [1.29, 1.82) is 0 Å². The zero-order valence-corrected chi connectivity index (χ0v) is 7.68. The van der Waals surface area contributed by atoms with Crippen LogP contribution >= 0.6 is 0 Å². The van der Waals surface area contributed by atoms with E-state index in [1.165, 1.54) is 0 Å². The summed E-state index contributed by atoms with van der Waals surface area (Å²) in [5.41, 5.74) is 0. The molecule has 0 N–H and O–H groups in total. The van der Waals surface area contributed by atoms with Gasteiger partial charge in [-0.05, 0) is 0 Å². The van der Waals surface area contributed by atoms with E-state index < -0.39 is 27.2 Å². The Morgan fingerprint density at radius 3 is 1.10 bits per heavy atom. The van der Waals surface area contributed by atoms with E-state index >= 15 is 0 Å². The van der Waals surface area contributed by atoms with Crippen molar-refractivity contribution in [3.8, 4) is 0 Å². The van der Waals surface area contributed by atoms with E-state index in [9.17, 15) is 23.5 Å². The van der Waals surface area contributed by atoms with Gasteiger partial charge < -0.3 is 0 Å². The van der Waals surface area contributed by atoms with Crippen molar-refractivity contribution in [2.24, 2.45) is 0 Å². The fourth-order valence-electron chi connectivity index (χ4n) is 0.102. The van der Waals surface area contributed by atoms with Crippen molar-refractivity contribution >= 4 is 0 Å². The van der Waals surface area contributed by atoms with E-state index in [1.807, 2.05) is 0 Å². The van der Waals surface area contributed by atoms with Crippen molar-refractivity contribution < 1.29 is 70.7 Å². The third-order valence-corrected chi connectivity index (χ3v) is 2.83. The van der Waals surface area contributed by atoms with Gasteiger partial charge in [0.2, 0.25) is 0 Å². The first-order valence-electron chi connectivity index (χ1n) is 1.33. The molecule has 0 bridgehead atoms. The molecule has 62 valence electrons. The zero-order chi connectivity index (χ0) is 7.71. The minimum absolute atomic E-state index is 0. The molecule has 0 aromatic heterocycles. The van der Waals surface area contributed by atoms with Crippen molar-refractivity contribution in [3.05, 3.63) is 0 Å². The summed E-state index contributed by atoms with van der Waals surface area (Å²) in [4.78, 5) is 0. The van der Waals surface area contributed by atoms with Crippen molar-refractivity contribution in [2.45, 2.75) is 0 Å². The van der Waals surface area contributed by atoms with Gasteiger partial charge in [0, 0.05) is 0 Å². The van der Waals surface area contributed by atoms with Gasteiger partial charge in [0.1, 0.15) is 0 Å². The molecular weight excluding hydrogens is 272 g/mol. The Morgan fingerprint density at radius 2 is 1.10 bits per heavy atom. The molecule has 0 saturated carbocycles. The van der Waals surface area contributed by atoms with Crippen LogP contribution in [0.2, 0.25) is 0 Å². The summed E-state index contributed by atoms with van der Waals surface area (Å²) >= 11 is -12.1. The summed E-state index contributed by atoms with van der Waals surface area (Å²) in [6.07, 6.45) is 0. The van der Waals surface area contributed by atoms with E-state index in [0.717, 1.165) is 0 Å². The van der Waals surface area contributed by atoms with E-state index in [0.29, 0.717) is 0 Å². The summed E-state index contributed by atoms with van der Waals surface area (Å²) in [5.74, 6) is 0. The van der Waals surface area contributed by atoms with Crippen LogP contribution in [-0.2, 0) is 62.3 Å². The number of rotatable bonds is 2. The fourth-order valence-corrected chi connectivity index (χ4v) is 1.74. The van der Waals surface area contributed by atoms with Crippen LogP contribution in [-0.4, -0.2) is 0 Å². The maximum absolute atomic E-state index is 9.38. The molecule has 0 amide bonds. The van der Waals surface area contributed by atoms with Gasteiger partial charge in [0.05, 0.1) is 0 Å². The van der Waals surface area contributed by atoms with Crippen LogP contribution in [0.5, 0.6) is 0 Å². The van der Waals surface area contributed by atoms with Crippen LogP contribution < -0.4 is 8.32 Å². The predicted octanol–water partition coefficient (Wildman–Crippen LogP) is -2.93. The van der Waals surface area contributed by atoms with Gasteiger partial charge in [-0.1, -0.05) is 0 Å². The average molecular weight is 272 g/mol. The molecule has 0 aromatic carbocycles. The summed E-state index contributed by atoms with van der Waals surface area (Å²) in [7, 11) is 0. The second-order valence-electron chi connectivity index (χ2n) is 0.885. The first-order chi connectivity index (χ1) is 3.71. The van der Waals surface area contributed by atoms with Crippen molar-refractivity contribution in [3.63, 3.8) is 0 Å². The fraction of sp³-hybridized carbons (Fsp3) is 0. The molecule has 10 heteroatoms. The van der Waals surface area contributed by atoms with Gasteiger partial charge in [-0.25, -0.2) is 0 Å². The van der Waals surface area contributed by atoms with E-state index in [4.69, 9.17) is 0 Å². The zero-order valence-electron chi connectivity index (χ0n) is 4.03. The molecule has 0 fully saturated rings. The van der Waals surface area contributed by atoms with Crippen LogP contribution in [0, 0.1) is 0 Å². The molecule has 0 aliphatic rings. The van der Waals surface area contributed by atoms with Gasteiger partial charge in [0.25, 0.3) is 0 Å². The third kappa shape index (κ3) is 11.5. The van der Waals surface area contributed by atoms with Gasteiger partial charge >= 0.3 is 70.7 Å². The summed E-state index contributed by atoms with van der Waals surface area (Å²) in [5, 5.41) is 0. The SMILES string of the molecule is [Fe+2].[O]=[Cr](=[O])([O-])[O][Cr](=[O])(=[O])[O-]. The maximum atomic E-state index is 9.38. The first kappa shape index (κ1) is 13.3. The van der Waals surface area contributed by atoms with E-state index in [1.54, 1.807) is 0 Å². The first-order valence-corrected chi connectivity index (χ1v) is 5.50. The Hall–Kier alpha value is 0.664. The van der Waals surface area contributed by atoms with Crippen molar-refractivity contribution in [1.82, 2.24) is 0 Å². The van der Waals surface area contributed by atoms with Gasteiger partial charge in [-0.15, -0.1) is 0 Å². The molecule has 0 aliphatic carbocycles. The summed E-state index contributed by atoms with van der Waals surface area (Å²) in [6, 6.07) is 0. The molecule has 0 aromatic rings. The van der Waals surface area contributed by atoms with Crippen LogP contribution in [0.4, 0.5) is 0 Å². The molecule has 7 nitrogen and oxygen atoms in total. The standard InChI is InChI=1S/2Cr.Fe.7O/q;;+2;;;;;;2*-1. The van der Waals surface area contributed by atoms with Crippen LogP contribution in [0.25, 0.3) is 0 Å². The second-order valence-corrected chi connectivity index (χ2v) is 4.52. The normalized spacial score (nSPS) is 12.2. The molecule has 0 radical (unpaired) electrons. The number of hydrogen-bond donors (Lipinski definition) is 0. The Morgan fingerprint density at radius 1 is 0.900 bits per heavy atom. The second kappa shape index (κ2) is 3.89. The van der Waals surface area contributed by atoms with Gasteiger partial charge in [-0.3, -0.25) is 0 Å². The molecule has 0 rings (SSSR count). The minimum atomic E-state index is -6.07. The molecule has 0 heterocycles. The van der Waals surface area contributed by atoms with Crippen LogP contribution in [0.15, 0.2) is 0 Å². The third-order valence-electron chi connectivity index (χ3n) is 0.167. The van der Waals surface area contributed by atoms with E-state index in [2.05, 4.69) is 2.84 Å². The van der Waals surface area contributed by atoms with E-state index in [-0.39, 0.29) is 17.1 Å². The Labute approximate surface area is 70.6 Å². The Kier molecular flexibility index (Phi) is 5.16. The van der Waals surface area contributed by atoms with Crippen LogP contribution in [0.3, 0.4) is 0 Å². The van der Waals surface area contributed by atoms with Crippen molar-refractivity contribution in [2.75, 3.05) is 0 Å². The monoisotopic (exact) mass is 272 g/mol. The molecule has 0 saturated heterocycles. The summed E-state index contributed by atoms with van der Waals surface area (Å²) < 4.78 is 58.9.